The SMILES string of the molecule is Cn1nccc1C1=CC2CCC(C1)N2c1cc(NC2CC2)ncn1. The zero-order valence-corrected chi connectivity index (χ0v) is 13.9. The van der Waals surface area contributed by atoms with E-state index in [-0.39, 0.29) is 0 Å². The van der Waals surface area contributed by atoms with Crippen molar-refractivity contribution >= 4 is 17.2 Å². The number of hydrogen-bond acceptors (Lipinski definition) is 5. The van der Waals surface area contributed by atoms with Crippen LogP contribution < -0.4 is 10.2 Å². The minimum Gasteiger partial charge on any atom is -0.367 e. The highest BCUT2D eigenvalue weighted by Crippen LogP contribution is 2.41. The van der Waals surface area contributed by atoms with Gasteiger partial charge in [-0.2, -0.15) is 5.10 Å². The summed E-state index contributed by atoms with van der Waals surface area (Å²) in [5.74, 6) is 2.02. The molecule has 0 radical (unpaired) electrons. The predicted molar refractivity (Wildman–Crippen MR) is 93.8 cm³/mol. The summed E-state index contributed by atoms with van der Waals surface area (Å²) in [7, 11) is 2.02. The van der Waals surface area contributed by atoms with E-state index in [1.807, 2.05) is 17.9 Å². The average molecular weight is 322 g/mol. The van der Waals surface area contributed by atoms with Gasteiger partial charge in [0.2, 0.25) is 0 Å². The molecule has 1 aliphatic carbocycles. The third-order valence-electron chi connectivity index (χ3n) is 5.39. The van der Waals surface area contributed by atoms with E-state index in [0.717, 1.165) is 18.1 Å². The van der Waals surface area contributed by atoms with E-state index in [9.17, 15) is 0 Å². The van der Waals surface area contributed by atoms with Gasteiger partial charge in [-0.3, -0.25) is 4.68 Å². The Morgan fingerprint density at radius 2 is 2.08 bits per heavy atom. The Morgan fingerprint density at radius 3 is 2.83 bits per heavy atom. The van der Waals surface area contributed by atoms with Gasteiger partial charge in [0.05, 0.1) is 5.69 Å². The van der Waals surface area contributed by atoms with Gasteiger partial charge in [-0.05, 0) is 43.7 Å². The highest BCUT2D eigenvalue weighted by molar-refractivity contribution is 5.69. The summed E-state index contributed by atoms with van der Waals surface area (Å²) in [6, 6.07) is 5.79. The molecule has 2 aromatic heterocycles. The fourth-order valence-electron chi connectivity index (χ4n) is 4.07. The van der Waals surface area contributed by atoms with Crippen molar-refractivity contribution in [3.63, 3.8) is 0 Å². The van der Waals surface area contributed by atoms with Gasteiger partial charge >= 0.3 is 0 Å². The van der Waals surface area contributed by atoms with Crippen LogP contribution in [0.2, 0.25) is 0 Å². The first-order valence-electron chi connectivity index (χ1n) is 8.84. The van der Waals surface area contributed by atoms with E-state index < -0.39 is 0 Å². The van der Waals surface area contributed by atoms with E-state index in [0.29, 0.717) is 18.1 Å². The van der Waals surface area contributed by atoms with Crippen molar-refractivity contribution in [3.05, 3.63) is 36.4 Å². The fourth-order valence-corrected chi connectivity index (χ4v) is 4.07. The molecule has 2 aliphatic heterocycles. The maximum absolute atomic E-state index is 4.56. The Hall–Kier alpha value is -2.37. The summed E-state index contributed by atoms with van der Waals surface area (Å²) < 4.78 is 1.98. The number of nitrogens with zero attached hydrogens (tertiary/aromatic N) is 5. The Kier molecular flexibility index (Phi) is 3.11. The van der Waals surface area contributed by atoms with Crippen molar-refractivity contribution < 1.29 is 0 Å². The van der Waals surface area contributed by atoms with Crippen molar-refractivity contribution in [2.45, 2.75) is 50.2 Å². The summed E-state index contributed by atoms with van der Waals surface area (Å²) in [4.78, 5) is 11.4. The normalized spacial score (nSPS) is 25.7. The number of rotatable bonds is 4. The number of fused-ring (bicyclic) bond motifs is 2. The van der Waals surface area contributed by atoms with Crippen LogP contribution in [-0.2, 0) is 7.05 Å². The van der Waals surface area contributed by atoms with Crippen LogP contribution in [0.1, 0.15) is 37.8 Å². The largest absolute Gasteiger partial charge is 0.367 e. The molecule has 6 nitrogen and oxygen atoms in total. The molecule has 2 unspecified atom stereocenters. The molecule has 5 rings (SSSR count). The molecule has 1 saturated carbocycles. The summed E-state index contributed by atoms with van der Waals surface area (Å²) in [5.41, 5.74) is 2.66. The summed E-state index contributed by atoms with van der Waals surface area (Å²) in [6.07, 6.45) is 12.0. The topological polar surface area (TPSA) is 58.9 Å². The van der Waals surface area contributed by atoms with Crippen molar-refractivity contribution in [1.82, 2.24) is 19.7 Å². The Labute approximate surface area is 141 Å². The first-order valence-corrected chi connectivity index (χ1v) is 8.84. The maximum atomic E-state index is 4.56. The van der Waals surface area contributed by atoms with Gasteiger partial charge in [0.25, 0.3) is 0 Å². The lowest BCUT2D eigenvalue weighted by Gasteiger charge is -2.35. The van der Waals surface area contributed by atoms with Crippen molar-refractivity contribution in [2.24, 2.45) is 7.05 Å². The minimum atomic E-state index is 0.428. The van der Waals surface area contributed by atoms with Crippen LogP contribution in [0.25, 0.3) is 5.57 Å². The lowest BCUT2D eigenvalue weighted by molar-refractivity contribution is 0.642. The molecular weight excluding hydrogens is 300 g/mol. The summed E-state index contributed by atoms with van der Waals surface area (Å²) in [6.45, 7) is 0. The van der Waals surface area contributed by atoms with Crippen LogP contribution in [0.5, 0.6) is 0 Å². The van der Waals surface area contributed by atoms with Gasteiger partial charge in [-0.1, -0.05) is 6.08 Å². The molecule has 2 bridgehead atoms. The highest BCUT2D eigenvalue weighted by atomic mass is 15.3. The van der Waals surface area contributed by atoms with Crippen molar-refractivity contribution in [2.75, 3.05) is 10.2 Å². The number of nitrogens with one attached hydrogen (secondary N) is 1. The van der Waals surface area contributed by atoms with Gasteiger partial charge in [-0.25, -0.2) is 9.97 Å². The zero-order chi connectivity index (χ0) is 16.1. The molecular formula is C18H22N6. The monoisotopic (exact) mass is 322 g/mol. The Bertz CT molecular complexity index is 790. The van der Waals surface area contributed by atoms with Crippen LogP contribution >= 0.6 is 0 Å². The molecule has 6 heteroatoms. The lowest BCUT2D eigenvalue weighted by Crippen LogP contribution is -2.39. The molecule has 1 N–H and O–H groups in total. The highest BCUT2D eigenvalue weighted by Gasteiger charge is 2.38. The third-order valence-corrected chi connectivity index (χ3v) is 5.39. The smallest absolute Gasteiger partial charge is 0.134 e. The second-order valence-corrected chi connectivity index (χ2v) is 7.12. The summed E-state index contributed by atoms with van der Waals surface area (Å²) in [5, 5.41) is 7.80. The first-order chi connectivity index (χ1) is 11.8. The third kappa shape index (κ3) is 2.37. The molecule has 1 saturated heterocycles. The minimum absolute atomic E-state index is 0.428. The average Bonchev–Trinajstić information content (AvgIpc) is 3.23. The molecule has 24 heavy (non-hydrogen) atoms. The molecule has 4 heterocycles. The quantitative estimate of drug-likeness (QED) is 0.937. The van der Waals surface area contributed by atoms with Crippen molar-refractivity contribution in [1.29, 1.82) is 0 Å². The van der Waals surface area contributed by atoms with Crippen LogP contribution in [0.3, 0.4) is 0 Å². The van der Waals surface area contributed by atoms with Gasteiger partial charge in [0.1, 0.15) is 18.0 Å². The Morgan fingerprint density at radius 1 is 1.17 bits per heavy atom. The molecule has 2 fully saturated rings. The van der Waals surface area contributed by atoms with E-state index in [1.54, 1.807) is 6.33 Å². The van der Waals surface area contributed by atoms with E-state index in [2.05, 4.69) is 43.5 Å². The number of aromatic nitrogens is 4. The standard InChI is InChI=1S/C18H22N6/c1-23-16(6-7-21-23)12-8-14-4-5-15(9-12)24(14)18-10-17(19-11-20-18)22-13-2-3-13/h6-8,10-11,13-15H,2-5,9H2,1H3,(H,19,20,22). The van der Waals surface area contributed by atoms with Crippen LogP contribution in [-0.4, -0.2) is 37.9 Å². The molecule has 0 spiro atoms. The molecule has 0 amide bonds. The van der Waals surface area contributed by atoms with Crippen LogP contribution in [0.4, 0.5) is 11.6 Å². The number of hydrogen-bond donors (Lipinski definition) is 1. The number of anilines is 2. The lowest BCUT2D eigenvalue weighted by atomic mass is 9.98. The van der Waals surface area contributed by atoms with Crippen LogP contribution in [0.15, 0.2) is 30.7 Å². The predicted octanol–water partition coefficient (Wildman–Crippen LogP) is 2.61. The number of aryl methyl sites for hydroxylation is 1. The second-order valence-electron chi connectivity index (χ2n) is 7.12. The zero-order valence-electron chi connectivity index (χ0n) is 13.9. The van der Waals surface area contributed by atoms with Gasteiger partial charge in [0.15, 0.2) is 0 Å². The molecule has 124 valence electrons. The van der Waals surface area contributed by atoms with Gasteiger partial charge < -0.3 is 10.2 Å². The fraction of sp³-hybridized carbons (Fsp3) is 0.500. The molecule has 2 atom stereocenters. The maximum Gasteiger partial charge on any atom is 0.134 e. The molecule has 2 aromatic rings. The first kappa shape index (κ1) is 14.0. The van der Waals surface area contributed by atoms with Crippen molar-refractivity contribution in [3.8, 4) is 0 Å². The Balaban J connectivity index is 1.44. The van der Waals surface area contributed by atoms with Gasteiger partial charge in [-0.15, -0.1) is 0 Å². The van der Waals surface area contributed by atoms with Crippen LogP contribution in [0, 0.1) is 0 Å². The van der Waals surface area contributed by atoms with E-state index in [4.69, 9.17) is 0 Å². The summed E-state index contributed by atoms with van der Waals surface area (Å²) >= 11 is 0. The van der Waals surface area contributed by atoms with E-state index in [1.165, 1.54) is 37.0 Å². The van der Waals surface area contributed by atoms with Gasteiger partial charge in [0, 0.05) is 37.4 Å². The molecule has 3 aliphatic rings. The second kappa shape index (κ2) is 5.33. The van der Waals surface area contributed by atoms with E-state index >= 15 is 0 Å². The molecule has 0 aromatic carbocycles.